The lowest BCUT2D eigenvalue weighted by Gasteiger charge is -2.26. The van der Waals surface area contributed by atoms with Gasteiger partial charge in [-0.1, -0.05) is 48.2 Å². The summed E-state index contributed by atoms with van der Waals surface area (Å²) < 4.78 is 115. The first kappa shape index (κ1) is 45.0. The Balaban J connectivity index is 1.58. The molecular formula is C31H34F5N7O11P2S2. The average Bonchev–Trinajstić information content (AvgIpc) is 3.71. The summed E-state index contributed by atoms with van der Waals surface area (Å²) in [6, 6.07) is 15.5. The number of fused-ring (bicyclic) bond motifs is 1. The number of hydrogen-bond acceptors (Lipinski definition) is 14. The predicted molar refractivity (Wildman–Crippen MR) is 201 cm³/mol. The third-order valence-electron chi connectivity index (χ3n) is 7.81. The largest absolute Gasteiger partial charge is 0.443 e. The number of imidazole rings is 1. The molecule has 0 aliphatic carbocycles. The molecule has 5 atom stereocenters. The Bertz CT molecular complexity index is 2140. The van der Waals surface area contributed by atoms with E-state index < -0.39 is 82.3 Å². The monoisotopic (exact) mass is 901 g/mol. The van der Waals surface area contributed by atoms with Gasteiger partial charge in [-0.25, -0.2) is 24.5 Å². The molecule has 0 bridgehead atoms. The molecule has 0 spiro atoms. The normalized spacial score (nSPS) is 19.7. The van der Waals surface area contributed by atoms with Crippen molar-refractivity contribution >= 4 is 79.3 Å². The van der Waals surface area contributed by atoms with Crippen molar-refractivity contribution in [2.45, 2.75) is 47.7 Å². The van der Waals surface area contributed by atoms with Gasteiger partial charge in [-0.05, 0) is 30.5 Å². The molecule has 5 rings (SSSR count). The van der Waals surface area contributed by atoms with E-state index in [4.69, 9.17) is 24.0 Å². The smallest absolute Gasteiger partial charge is 0.439 e. The predicted octanol–water partition coefficient (Wildman–Crippen LogP) is 6.71. The Morgan fingerprint density at radius 3 is 2.03 bits per heavy atom. The maximum atomic E-state index is 14.5. The summed E-state index contributed by atoms with van der Waals surface area (Å²) in [5.74, 6) is 0.174. The van der Waals surface area contributed by atoms with E-state index in [1.54, 1.807) is 36.4 Å². The van der Waals surface area contributed by atoms with Crippen molar-refractivity contribution in [1.29, 1.82) is 0 Å². The molecule has 2 aromatic heterocycles. The number of nitrogens with zero attached hydrogens (tertiary/aromatic N) is 4. The van der Waals surface area contributed by atoms with Crippen molar-refractivity contribution < 1.29 is 74.1 Å². The third kappa shape index (κ3) is 11.4. The summed E-state index contributed by atoms with van der Waals surface area (Å²) in [5, 5.41) is 2.12. The second kappa shape index (κ2) is 18.9. The van der Waals surface area contributed by atoms with Crippen LogP contribution in [0.2, 0.25) is 0 Å². The van der Waals surface area contributed by atoms with Gasteiger partial charge < -0.3 is 38.7 Å². The van der Waals surface area contributed by atoms with Crippen molar-refractivity contribution in [2.75, 3.05) is 46.9 Å². The zero-order chi connectivity index (χ0) is 42.3. The van der Waals surface area contributed by atoms with Gasteiger partial charge in [0.25, 0.3) is 0 Å². The lowest BCUT2D eigenvalue weighted by Crippen LogP contribution is -2.42. The van der Waals surface area contributed by atoms with Crippen LogP contribution in [0.15, 0.2) is 72.1 Å². The Hall–Kier alpha value is -4.06. The molecule has 3 heterocycles. The number of anilines is 3. The van der Waals surface area contributed by atoms with Crippen LogP contribution in [0.1, 0.15) is 12.6 Å². The van der Waals surface area contributed by atoms with E-state index in [9.17, 15) is 45.6 Å². The highest BCUT2D eigenvalue weighted by Crippen LogP contribution is 2.73. The first-order chi connectivity index (χ1) is 27.3. The van der Waals surface area contributed by atoms with E-state index in [0.29, 0.717) is 24.1 Å². The summed E-state index contributed by atoms with van der Waals surface area (Å²) in [4.78, 5) is 67.9. The van der Waals surface area contributed by atoms with Crippen LogP contribution in [-0.2, 0) is 27.9 Å². The molecule has 18 nitrogen and oxygen atoms in total. The highest BCUT2D eigenvalue weighted by Gasteiger charge is 2.65. The molecule has 4 aromatic rings. The second-order valence-corrected chi connectivity index (χ2v) is 17.9. The summed E-state index contributed by atoms with van der Waals surface area (Å²) in [7, 11) is -13.1. The minimum atomic E-state index is -6.59. The maximum absolute atomic E-state index is 14.5. The van der Waals surface area contributed by atoms with E-state index in [2.05, 4.69) is 35.4 Å². The first-order valence-corrected chi connectivity index (χ1v) is 22.1. The van der Waals surface area contributed by atoms with Crippen LogP contribution in [0, 0.1) is 0 Å². The van der Waals surface area contributed by atoms with Gasteiger partial charge in [0.05, 0.1) is 19.4 Å². The number of rotatable bonds is 17. The molecule has 1 saturated heterocycles. The minimum Gasteiger partial charge on any atom is -0.439 e. The van der Waals surface area contributed by atoms with Gasteiger partial charge in [-0.15, -0.1) is 0 Å². The number of thioether (sulfide) groups is 2. The van der Waals surface area contributed by atoms with Crippen molar-refractivity contribution in [3.8, 4) is 0 Å². The number of alkyl halides is 5. The number of carbonyl (C=O) groups is 2. The zero-order valence-corrected chi connectivity index (χ0v) is 33.1. The SMILES string of the molecule is CSCCNc1nc(SCCC(F)(F)F)nc2c1ncn2[C@@H]1O[C@H](COP(=O)(O)C(F)(F)P(=O)(O)O)[C@@H](OC(=O)Nc2ccccc2)[C@H]1OC(=O)Nc1ccccc1. The van der Waals surface area contributed by atoms with E-state index >= 15 is 0 Å². The number of para-hydroxylation sites is 2. The minimum absolute atomic E-state index is 0.0393. The fourth-order valence-electron chi connectivity index (χ4n) is 5.14. The maximum Gasteiger partial charge on any atom is 0.443 e. The fraction of sp³-hybridized carbons (Fsp3) is 0.387. The number of ether oxygens (including phenoxy) is 3. The fourth-order valence-corrected chi connectivity index (χ4v) is 8.26. The van der Waals surface area contributed by atoms with Gasteiger partial charge in [-0.3, -0.25) is 24.3 Å². The number of benzene rings is 2. The first-order valence-electron chi connectivity index (χ1n) is 16.6. The van der Waals surface area contributed by atoms with Crippen LogP contribution in [0.25, 0.3) is 11.2 Å². The molecule has 2 amide bonds. The number of nitrogens with one attached hydrogen (secondary N) is 3. The molecule has 0 saturated carbocycles. The highest BCUT2D eigenvalue weighted by molar-refractivity contribution is 7.99. The Kier molecular flexibility index (Phi) is 14.7. The van der Waals surface area contributed by atoms with E-state index in [1.807, 2.05) is 6.26 Å². The van der Waals surface area contributed by atoms with E-state index in [0.717, 1.165) is 10.9 Å². The van der Waals surface area contributed by atoms with Gasteiger partial charge >= 0.3 is 39.0 Å². The van der Waals surface area contributed by atoms with Crippen LogP contribution < -0.4 is 16.0 Å². The van der Waals surface area contributed by atoms with Crippen LogP contribution in [0.4, 0.5) is 48.7 Å². The molecule has 316 valence electrons. The van der Waals surface area contributed by atoms with Gasteiger partial charge in [0, 0.05) is 29.4 Å². The third-order valence-corrected chi connectivity index (χ3v) is 12.7. The Morgan fingerprint density at radius 2 is 1.48 bits per heavy atom. The molecule has 2 aromatic carbocycles. The van der Waals surface area contributed by atoms with Gasteiger partial charge in [-0.2, -0.15) is 33.7 Å². The van der Waals surface area contributed by atoms with Crippen LogP contribution >= 0.6 is 38.7 Å². The Morgan fingerprint density at radius 1 is 0.897 bits per heavy atom. The number of halogens is 5. The van der Waals surface area contributed by atoms with E-state index in [-0.39, 0.29) is 33.5 Å². The topological polar surface area (TPSA) is 246 Å². The van der Waals surface area contributed by atoms with Crippen molar-refractivity contribution in [3.63, 3.8) is 0 Å². The van der Waals surface area contributed by atoms with Gasteiger partial charge in [0.1, 0.15) is 6.10 Å². The molecule has 1 aliphatic heterocycles. The standard InChI is InChI=1S/C31H34F5N7O11P2S2/c1-57-15-13-37-24-21-25(42-27(41-24)58-14-12-30(32,33)34)43(17-38-21)26-23(54-29(45)40-19-10-6-3-7-11-19)22(53-28(44)39-18-8-4-2-5-9-18)20(52-26)16-51-56(49,50)31(35,36)55(46,47)48/h2-11,17,20,22-23,26H,12-16H2,1H3,(H,39,44)(H,40,45)(H,49,50)(H,37,41,42)(H2,46,47,48)/t20-,22-,23-,26-/m1/s1. The molecule has 1 fully saturated rings. The molecule has 58 heavy (non-hydrogen) atoms. The highest BCUT2D eigenvalue weighted by atomic mass is 32.2. The lowest BCUT2D eigenvalue weighted by molar-refractivity contribution is -0.129. The number of aromatic nitrogens is 4. The molecule has 6 N–H and O–H groups in total. The van der Waals surface area contributed by atoms with Crippen molar-refractivity contribution in [1.82, 2.24) is 19.5 Å². The number of hydrogen-bond donors (Lipinski definition) is 6. The summed E-state index contributed by atoms with van der Waals surface area (Å²) in [6.45, 7) is -1.10. The number of carbonyl (C=O) groups excluding carboxylic acids is 2. The van der Waals surface area contributed by atoms with Gasteiger partial charge in [0.2, 0.25) is 0 Å². The zero-order valence-electron chi connectivity index (χ0n) is 29.7. The molecule has 1 aliphatic rings. The van der Waals surface area contributed by atoms with Crippen LogP contribution in [0.3, 0.4) is 0 Å². The lowest BCUT2D eigenvalue weighted by atomic mass is 10.1. The van der Waals surface area contributed by atoms with Crippen molar-refractivity contribution in [3.05, 3.63) is 67.0 Å². The van der Waals surface area contributed by atoms with Crippen LogP contribution in [-0.4, -0.2) is 107 Å². The molecule has 27 heteroatoms. The molecule has 1 unspecified atom stereocenters. The molecular weight excluding hydrogens is 867 g/mol. The van der Waals surface area contributed by atoms with Gasteiger partial charge in [0.15, 0.2) is 40.6 Å². The summed E-state index contributed by atoms with van der Waals surface area (Å²) >= 11 is 2.12. The van der Waals surface area contributed by atoms with E-state index in [1.165, 1.54) is 36.0 Å². The number of amides is 2. The molecule has 0 radical (unpaired) electrons. The second-order valence-electron chi connectivity index (χ2n) is 12.0. The average molecular weight is 902 g/mol. The van der Waals surface area contributed by atoms with Crippen molar-refractivity contribution in [2.24, 2.45) is 0 Å². The quantitative estimate of drug-likeness (QED) is 0.0212. The Labute approximate surface area is 333 Å². The van der Waals surface area contributed by atoms with Crippen LogP contribution in [0.5, 0.6) is 0 Å². The summed E-state index contributed by atoms with van der Waals surface area (Å²) in [6.07, 6.45) is -12.6. The summed E-state index contributed by atoms with van der Waals surface area (Å²) in [5.41, 5.74) is 0.335.